The maximum atomic E-state index is 10.9. The summed E-state index contributed by atoms with van der Waals surface area (Å²) in [5.41, 5.74) is 0. The molecule has 0 radical (unpaired) electrons. The molecule has 0 saturated carbocycles. The SMILES string of the molecule is O=S(=O)([O-])c1cccc2ccccc12.[Na+].[Na+]. The van der Waals surface area contributed by atoms with Crippen molar-refractivity contribution in [1.82, 2.24) is 0 Å². The Morgan fingerprint density at radius 2 is 1.44 bits per heavy atom. The molecule has 0 aliphatic heterocycles. The Kier molecular flexibility index (Phi) is 6.77. The maximum Gasteiger partial charge on any atom is 1.00 e. The second-order valence-electron chi connectivity index (χ2n) is 2.93. The van der Waals surface area contributed by atoms with Crippen LogP contribution in [0.15, 0.2) is 47.4 Å². The van der Waals surface area contributed by atoms with Crippen molar-refractivity contribution in [2.45, 2.75) is 4.90 Å². The van der Waals surface area contributed by atoms with Gasteiger partial charge in [0.1, 0.15) is 10.1 Å². The first-order valence-corrected chi connectivity index (χ1v) is 5.43. The summed E-state index contributed by atoms with van der Waals surface area (Å²) in [7, 11) is -4.38. The van der Waals surface area contributed by atoms with Crippen LogP contribution >= 0.6 is 0 Å². The molecule has 0 bridgehead atoms. The third kappa shape index (κ3) is 3.55. The minimum Gasteiger partial charge on any atom is -0.744 e. The number of fused-ring (bicyclic) bond motifs is 1. The molecule has 0 heterocycles. The minimum atomic E-state index is -4.38. The van der Waals surface area contributed by atoms with Gasteiger partial charge in [-0.05, 0) is 16.8 Å². The van der Waals surface area contributed by atoms with Gasteiger partial charge in [0, 0.05) is 0 Å². The largest absolute Gasteiger partial charge is 1.00 e. The van der Waals surface area contributed by atoms with Gasteiger partial charge in [0.25, 0.3) is 0 Å². The fourth-order valence-electron chi connectivity index (χ4n) is 1.41. The van der Waals surface area contributed by atoms with E-state index in [0.29, 0.717) is 5.39 Å². The molecule has 2 rings (SSSR count). The van der Waals surface area contributed by atoms with E-state index in [1.165, 1.54) is 6.07 Å². The van der Waals surface area contributed by atoms with Crippen molar-refractivity contribution in [3.8, 4) is 0 Å². The van der Waals surface area contributed by atoms with E-state index in [1.54, 1.807) is 36.4 Å². The molecule has 6 heteroatoms. The van der Waals surface area contributed by atoms with Crippen molar-refractivity contribution in [3.05, 3.63) is 42.5 Å². The molecule has 0 saturated heterocycles. The van der Waals surface area contributed by atoms with Crippen molar-refractivity contribution < 1.29 is 72.1 Å². The number of rotatable bonds is 1. The van der Waals surface area contributed by atoms with Crippen LogP contribution in [0.1, 0.15) is 0 Å². The monoisotopic (exact) mass is 253 g/mol. The van der Waals surface area contributed by atoms with E-state index in [4.69, 9.17) is 0 Å². The van der Waals surface area contributed by atoms with Gasteiger partial charge in [-0.25, -0.2) is 8.42 Å². The van der Waals surface area contributed by atoms with E-state index >= 15 is 0 Å². The minimum absolute atomic E-state index is 0. The molecule has 2 aromatic rings. The molecule has 16 heavy (non-hydrogen) atoms. The summed E-state index contributed by atoms with van der Waals surface area (Å²) < 4.78 is 32.7. The molecule has 2 aromatic carbocycles. The van der Waals surface area contributed by atoms with E-state index in [9.17, 15) is 13.0 Å². The van der Waals surface area contributed by atoms with Crippen molar-refractivity contribution in [3.63, 3.8) is 0 Å². The summed E-state index contributed by atoms with van der Waals surface area (Å²) in [6.07, 6.45) is 0. The van der Waals surface area contributed by atoms with Gasteiger partial charge in [-0.1, -0.05) is 36.4 Å². The normalized spacial score (nSPS) is 10.3. The Morgan fingerprint density at radius 1 is 0.875 bits per heavy atom. The van der Waals surface area contributed by atoms with Gasteiger partial charge < -0.3 is 4.55 Å². The van der Waals surface area contributed by atoms with Gasteiger partial charge in [-0.2, -0.15) is 0 Å². The predicted molar refractivity (Wildman–Crippen MR) is 51.9 cm³/mol. The van der Waals surface area contributed by atoms with Crippen LogP contribution in [-0.2, 0) is 10.1 Å². The standard InChI is InChI=1S/C10H8O3S.2Na/c11-14(12,13)10-7-3-5-8-4-1-2-6-9(8)10;;/h1-7H,(H,11,12,13);;/q;2*+1/p-1. The first-order valence-electron chi connectivity index (χ1n) is 4.03. The number of hydrogen-bond acceptors (Lipinski definition) is 3. The Bertz CT molecular complexity index is 576. The quantitative estimate of drug-likeness (QED) is 0.382. The summed E-state index contributed by atoms with van der Waals surface area (Å²) in [6, 6.07) is 11.5. The fourth-order valence-corrected chi connectivity index (χ4v) is 2.11. The molecule has 0 aromatic heterocycles. The molecular formula is C10H7Na2O3S+. The smallest absolute Gasteiger partial charge is 0.744 e. The third-order valence-electron chi connectivity index (χ3n) is 2.02. The van der Waals surface area contributed by atoms with Crippen LogP contribution in [0.4, 0.5) is 0 Å². The zero-order chi connectivity index (χ0) is 10.2. The van der Waals surface area contributed by atoms with Gasteiger partial charge in [0.15, 0.2) is 0 Å². The third-order valence-corrected chi connectivity index (χ3v) is 2.91. The van der Waals surface area contributed by atoms with Crippen LogP contribution in [-0.4, -0.2) is 13.0 Å². The van der Waals surface area contributed by atoms with Crippen molar-refractivity contribution in [1.29, 1.82) is 0 Å². The van der Waals surface area contributed by atoms with Crippen LogP contribution in [0.5, 0.6) is 0 Å². The fraction of sp³-hybridized carbons (Fsp3) is 0. The Balaban J connectivity index is 0.00000112. The van der Waals surface area contributed by atoms with E-state index in [-0.39, 0.29) is 64.0 Å². The zero-order valence-electron chi connectivity index (χ0n) is 9.17. The molecule has 72 valence electrons. The number of benzene rings is 2. The van der Waals surface area contributed by atoms with Crippen LogP contribution < -0.4 is 59.1 Å². The molecule has 0 unspecified atom stereocenters. The molecule has 0 fully saturated rings. The van der Waals surface area contributed by atoms with E-state index in [1.807, 2.05) is 0 Å². The maximum absolute atomic E-state index is 10.9. The Hall–Kier alpha value is 0.610. The summed E-state index contributed by atoms with van der Waals surface area (Å²) >= 11 is 0. The van der Waals surface area contributed by atoms with Gasteiger partial charge in [-0.15, -0.1) is 0 Å². The van der Waals surface area contributed by atoms with Crippen molar-refractivity contribution in [2.75, 3.05) is 0 Å². The van der Waals surface area contributed by atoms with Gasteiger partial charge in [0.05, 0.1) is 4.90 Å². The average Bonchev–Trinajstić information content (AvgIpc) is 2.15. The molecule has 0 aliphatic carbocycles. The summed E-state index contributed by atoms with van der Waals surface area (Å²) in [5.74, 6) is 0. The van der Waals surface area contributed by atoms with Gasteiger partial charge in [-0.3, -0.25) is 0 Å². The van der Waals surface area contributed by atoms with Crippen LogP contribution in [0, 0.1) is 0 Å². The second-order valence-corrected chi connectivity index (χ2v) is 4.28. The second kappa shape index (κ2) is 6.52. The predicted octanol–water partition coefficient (Wildman–Crippen LogP) is -4.25. The first-order chi connectivity index (χ1) is 6.59. The van der Waals surface area contributed by atoms with Crippen LogP contribution in [0.25, 0.3) is 10.8 Å². The summed E-state index contributed by atoms with van der Waals surface area (Å²) in [4.78, 5) is -0.157. The van der Waals surface area contributed by atoms with Gasteiger partial charge >= 0.3 is 59.1 Å². The molecule has 0 aliphatic rings. The van der Waals surface area contributed by atoms with Crippen molar-refractivity contribution >= 4 is 20.9 Å². The van der Waals surface area contributed by atoms with E-state index < -0.39 is 10.1 Å². The summed E-state index contributed by atoms with van der Waals surface area (Å²) in [5, 5.41) is 1.23. The zero-order valence-corrected chi connectivity index (χ0v) is 14.0. The molecule has 0 spiro atoms. The molecule has 0 atom stereocenters. The molecule has 3 nitrogen and oxygen atoms in total. The molecule has 0 amide bonds. The first kappa shape index (κ1) is 16.6. The van der Waals surface area contributed by atoms with Crippen LogP contribution in [0.2, 0.25) is 0 Å². The Morgan fingerprint density at radius 3 is 2.06 bits per heavy atom. The number of hydrogen-bond donors (Lipinski definition) is 0. The molecular weight excluding hydrogens is 246 g/mol. The average molecular weight is 253 g/mol. The van der Waals surface area contributed by atoms with E-state index in [2.05, 4.69) is 0 Å². The summed E-state index contributed by atoms with van der Waals surface area (Å²) in [6.45, 7) is 0. The molecule has 0 N–H and O–H groups in total. The topological polar surface area (TPSA) is 57.2 Å². The Labute approximate surface area is 139 Å². The van der Waals surface area contributed by atoms with Crippen LogP contribution in [0.3, 0.4) is 0 Å². The van der Waals surface area contributed by atoms with E-state index in [0.717, 1.165) is 5.39 Å². The van der Waals surface area contributed by atoms with Gasteiger partial charge in [0.2, 0.25) is 0 Å². The van der Waals surface area contributed by atoms with Crippen molar-refractivity contribution in [2.24, 2.45) is 0 Å².